The number of amides is 1. The van der Waals surface area contributed by atoms with Gasteiger partial charge < -0.3 is 14.6 Å². The maximum absolute atomic E-state index is 12.1. The van der Waals surface area contributed by atoms with Gasteiger partial charge in [0.25, 0.3) is 5.91 Å². The van der Waals surface area contributed by atoms with Crippen LogP contribution < -0.4 is 10.1 Å². The molecule has 1 heterocycles. The molecule has 26 heavy (non-hydrogen) atoms. The quantitative estimate of drug-likeness (QED) is 0.705. The van der Waals surface area contributed by atoms with Crippen LogP contribution in [0, 0.1) is 0 Å². The molecule has 0 radical (unpaired) electrons. The maximum Gasteiger partial charge on any atom is 0.387 e. The molecule has 0 atom stereocenters. The van der Waals surface area contributed by atoms with E-state index in [1.165, 1.54) is 24.3 Å². The molecule has 0 bridgehead atoms. The molecule has 134 valence electrons. The van der Waals surface area contributed by atoms with Crippen molar-refractivity contribution in [1.82, 2.24) is 14.9 Å². The third-order valence-electron chi connectivity index (χ3n) is 3.74. The Morgan fingerprint density at radius 1 is 1.08 bits per heavy atom. The van der Waals surface area contributed by atoms with Crippen molar-refractivity contribution in [3.05, 3.63) is 83.9 Å². The van der Waals surface area contributed by atoms with Crippen molar-refractivity contribution in [3.8, 4) is 5.75 Å². The lowest BCUT2D eigenvalue weighted by Gasteiger charge is -2.08. The highest BCUT2D eigenvalue weighted by atomic mass is 19.3. The van der Waals surface area contributed by atoms with Crippen LogP contribution in [0.15, 0.2) is 67.3 Å². The standard InChI is InChI=1S/C19H17F2N3O2/c20-19(21)26-17-7-5-16(6-8-17)18(25)23-11-14-1-3-15(4-2-14)12-24-10-9-22-13-24/h1-10,13,19H,11-12H2,(H,23,25). The fourth-order valence-electron chi connectivity index (χ4n) is 2.43. The second-order valence-electron chi connectivity index (χ2n) is 5.64. The first-order chi connectivity index (χ1) is 12.6. The van der Waals surface area contributed by atoms with Crippen LogP contribution >= 0.6 is 0 Å². The predicted molar refractivity (Wildman–Crippen MR) is 92.0 cm³/mol. The number of imidazole rings is 1. The lowest BCUT2D eigenvalue weighted by Crippen LogP contribution is -2.22. The summed E-state index contributed by atoms with van der Waals surface area (Å²) in [6.45, 7) is -1.77. The zero-order chi connectivity index (χ0) is 18.4. The molecule has 0 aliphatic heterocycles. The van der Waals surface area contributed by atoms with Crippen LogP contribution in [0.5, 0.6) is 5.75 Å². The molecule has 7 heteroatoms. The molecule has 5 nitrogen and oxygen atoms in total. The predicted octanol–water partition coefficient (Wildman–Crippen LogP) is 3.46. The Kier molecular flexibility index (Phi) is 5.58. The Labute approximate surface area is 149 Å². The van der Waals surface area contributed by atoms with Gasteiger partial charge in [0.1, 0.15) is 5.75 Å². The number of nitrogens with zero attached hydrogens (tertiary/aromatic N) is 2. The first-order valence-corrected chi connectivity index (χ1v) is 7.97. The second-order valence-corrected chi connectivity index (χ2v) is 5.64. The molecule has 0 aliphatic rings. The smallest absolute Gasteiger partial charge is 0.387 e. The third kappa shape index (κ3) is 4.89. The third-order valence-corrected chi connectivity index (χ3v) is 3.74. The highest BCUT2D eigenvalue weighted by Crippen LogP contribution is 2.15. The van der Waals surface area contributed by atoms with Crippen molar-refractivity contribution in [1.29, 1.82) is 0 Å². The van der Waals surface area contributed by atoms with E-state index in [0.29, 0.717) is 12.1 Å². The van der Waals surface area contributed by atoms with Crippen molar-refractivity contribution in [2.45, 2.75) is 19.7 Å². The summed E-state index contributed by atoms with van der Waals surface area (Å²) in [5.74, 6) is -0.263. The summed E-state index contributed by atoms with van der Waals surface area (Å²) in [5.41, 5.74) is 2.47. The van der Waals surface area contributed by atoms with Gasteiger partial charge in [0.15, 0.2) is 0 Å². The van der Waals surface area contributed by atoms with Crippen molar-refractivity contribution in [2.24, 2.45) is 0 Å². The summed E-state index contributed by atoms with van der Waals surface area (Å²) in [6.07, 6.45) is 5.38. The molecule has 0 saturated carbocycles. The van der Waals surface area contributed by atoms with E-state index in [2.05, 4.69) is 15.0 Å². The second kappa shape index (κ2) is 8.24. The average molecular weight is 357 g/mol. The highest BCUT2D eigenvalue weighted by Gasteiger charge is 2.08. The van der Waals surface area contributed by atoms with Gasteiger partial charge >= 0.3 is 6.61 Å². The normalized spacial score (nSPS) is 10.7. The summed E-state index contributed by atoms with van der Waals surface area (Å²) >= 11 is 0. The Morgan fingerprint density at radius 3 is 2.38 bits per heavy atom. The number of ether oxygens (including phenoxy) is 1. The molecule has 0 aliphatic carbocycles. The zero-order valence-electron chi connectivity index (χ0n) is 13.8. The number of carbonyl (C=O) groups is 1. The number of hydrogen-bond donors (Lipinski definition) is 1. The summed E-state index contributed by atoms with van der Waals surface area (Å²) in [6, 6.07) is 13.5. The van der Waals surface area contributed by atoms with Gasteiger partial charge in [0.2, 0.25) is 0 Å². The number of carbonyl (C=O) groups excluding carboxylic acids is 1. The van der Waals surface area contributed by atoms with E-state index in [4.69, 9.17) is 0 Å². The van der Waals surface area contributed by atoms with Crippen LogP contribution in [-0.2, 0) is 13.1 Å². The van der Waals surface area contributed by atoms with Gasteiger partial charge in [-0.3, -0.25) is 4.79 Å². The average Bonchev–Trinajstić information content (AvgIpc) is 3.14. The van der Waals surface area contributed by atoms with E-state index in [-0.39, 0.29) is 11.7 Å². The van der Waals surface area contributed by atoms with Crippen LogP contribution in [0.4, 0.5) is 8.78 Å². The van der Waals surface area contributed by atoms with Crippen LogP contribution in [0.2, 0.25) is 0 Å². The number of rotatable bonds is 7. The molecule has 1 aromatic heterocycles. The fraction of sp³-hybridized carbons (Fsp3) is 0.158. The Balaban J connectivity index is 1.52. The summed E-state index contributed by atoms with van der Waals surface area (Å²) in [4.78, 5) is 16.1. The largest absolute Gasteiger partial charge is 0.435 e. The molecule has 0 saturated heterocycles. The molecular weight excluding hydrogens is 340 g/mol. The Morgan fingerprint density at radius 2 is 1.77 bits per heavy atom. The van der Waals surface area contributed by atoms with Gasteiger partial charge in [0.05, 0.1) is 6.33 Å². The maximum atomic E-state index is 12.1. The van der Waals surface area contributed by atoms with Crippen LogP contribution in [-0.4, -0.2) is 22.1 Å². The number of benzene rings is 2. The number of hydrogen-bond acceptors (Lipinski definition) is 3. The monoisotopic (exact) mass is 357 g/mol. The number of aromatic nitrogens is 2. The van der Waals surface area contributed by atoms with Crippen LogP contribution in [0.3, 0.4) is 0 Å². The van der Waals surface area contributed by atoms with Crippen LogP contribution in [0.25, 0.3) is 0 Å². The summed E-state index contributed by atoms with van der Waals surface area (Å²) < 4.78 is 30.5. The fourth-order valence-corrected chi connectivity index (χ4v) is 2.43. The number of halogens is 2. The molecule has 0 spiro atoms. The van der Waals surface area contributed by atoms with Gasteiger partial charge in [-0.2, -0.15) is 8.78 Å². The first kappa shape index (κ1) is 17.6. The Bertz CT molecular complexity index is 832. The van der Waals surface area contributed by atoms with Gasteiger partial charge in [-0.1, -0.05) is 24.3 Å². The molecule has 0 unspecified atom stereocenters. The minimum absolute atomic E-state index is 0.0185. The van der Waals surface area contributed by atoms with Crippen LogP contribution in [0.1, 0.15) is 21.5 Å². The van der Waals surface area contributed by atoms with Crippen molar-refractivity contribution < 1.29 is 18.3 Å². The van der Waals surface area contributed by atoms with E-state index in [1.54, 1.807) is 12.5 Å². The van der Waals surface area contributed by atoms with E-state index >= 15 is 0 Å². The SMILES string of the molecule is O=C(NCc1ccc(Cn2ccnc2)cc1)c1ccc(OC(F)F)cc1. The molecule has 3 aromatic rings. The molecule has 3 rings (SSSR count). The summed E-state index contributed by atoms with van der Waals surface area (Å²) in [5, 5.41) is 2.80. The molecular formula is C19H17F2N3O2. The Hall–Kier alpha value is -3.22. The molecule has 0 fully saturated rings. The minimum Gasteiger partial charge on any atom is -0.435 e. The minimum atomic E-state index is -2.88. The van der Waals surface area contributed by atoms with Gasteiger partial charge in [-0.25, -0.2) is 4.98 Å². The van der Waals surface area contributed by atoms with Gasteiger partial charge in [-0.15, -0.1) is 0 Å². The van der Waals surface area contributed by atoms with E-state index in [1.807, 2.05) is 35.0 Å². The van der Waals surface area contributed by atoms with E-state index in [9.17, 15) is 13.6 Å². The van der Waals surface area contributed by atoms with Crippen molar-refractivity contribution >= 4 is 5.91 Å². The summed E-state index contributed by atoms with van der Waals surface area (Å²) in [7, 11) is 0. The lowest BCUT2D eigenvalue weighted by atomic mass is 10.1. The zero-order valence-corrected chi connectivity index (χ0v) is 13.8. The van der Waals surface area contributed by atoms with E-state index < -0.39 is 6.61 Å². The number of alkyl halides is 2. The lowest BCUT2D eigenvalue weighted by molar-refractivity contribution is -0.0498. The number of nitrogens with one attached hydrogen (secondary N) is 1. The molecule has 2 aromatic carbocycles. The van der Waals surface area contributed by atoms with Crippen molar-refractivity contribution in [3.63, 3.8) is 0 Å². The first-order valence-electron chi connectivity index (χ1n) is 7.97. The van der Waals surface area contributed by atoms with E-state index in [0.717, 1.165) is 17.7 Å². The van der Waals surface area contributed by atoms with Crippen molar-refractivity contribution in [2.75, 3.05) is 0 Å². The molecule has 1 amide bonds. The molecule has 1 N–H and O–H groups in total. The topological polar surface area (TPSA) is 56.2 Å². The van der Waals surface area contributed by atoms with Gasteiger partial charge in [0, 0.05) is 31.0 Å². The highest BCUT2D eigenvalue weighted by molar-refractivity contribution is 5.94. The van der Waals surface area contributed by atoms with Gasteiger partial charge in [-0.05, 0) is 35.4 Å².